The monoisotopic (exact) mass is 109 g/mol. The topological polar surface area (TPSA) is 0 Å². The van der Waals surface area contributed by atoms with Crippen LogP contribution in [0.15, 0.2) is 12.2 Å². The second-order valence-corrected chi connectivity index (χ2v) is 2.32. The van der Waals surface area contributed by atoms with Gasteiger partial charge in [-0.15, -0.1) is 0 Å². The number of allylic oxidation sites excluding steroid dienone is 2. The maximum Gasteiger partial charge on any atom is -0.0203 e. The third-order valence-corrected chi connectivity index (χ3v) is 1.74. The van der Waals surface area contributed by atoms with E-state index in [0.717, 1.165) is 0 Å². The first kappa shape index (κ1) is 5.87. The summed E-state index contributed by atoms with van der Waals surface area (Å²) in [6, 6.07) is 0. The van der Waals surface area contributed by atoms with Crippen molar-refractivity contribution in [2.75, 3.05) is 0 Å². The average Bonchev–Trinajstić information content (AvgIpc) is 1.90. The average molecular weight is 109 g/mol. The first-order valence-corrected chi connectivity index (χ1v) is 3.42. The standard InChI is InChI=1S/C8H13/c1-2-8-6-4-3-5-7-8/h3-4H,2,5-7H2,1H3. The molecule has 0 aliphatic heterocycles. The van der Waals surface area contributed by atoms with E-state index in [2.05, 4.69) is 19.1 Å². The van der Waals surface area contributed by atoms with Crippen LogP contribution in [0.1, 0.15) is 32.6 Å². The summed E-state index contributed by atoms with van der Waals surface area (Å²) in [7, 11) is 0. The second kappa shape index (κ2) is 2.91. The van der Waals surface area contributed by atoms with Crippen LogP contribution in [0.3, 0.4) is 0 Å². The Balaban J connectivity index is 2.27. The lowest BCUT2D eigenvalue weighted by Gasteiger charge is -2.13. The SMILES string of the molecule is CC[C]1CC=CCC1. The highest BCUT2D eigenvalue weighted by atomic mass is 14.1. The fourth-order valence-corrected chi connectivity index (χ4v) is 1.08. The Labute approximate surface area is 51.6 Å². The second-order valence-electron chi connectivity index (χ2n) is 2.32. The van der Waals surface area contributed by atoms with Crippen molar-refractivity contribution in [2.24, 2.45) is 0 Å². The predicted octanol–water partition coefficient (Wildman–Crippen LogP) is 2.71. The van der Waals surface area contributed by atoms with Gasteiger partial charge in [0.2, 0.25) is 0 Å². The van der Waals surface area contributed by atoms with Crippen LogP contribution in [0.2, 0.25) is 0 Å². The molecule has 1 radical (unpaired) electrons. The molecule has 0 aromatic rings. The molecule has 0 N–H and O–H groups in total. The molecule has 45 valence electrons. The van der Waals surface area contributed by atoms with E-state index in [1.165, 1.54) is 25.7 Å². The molecule has 0 bridgehead atoms. The van der Waals surface area contributed by atoms with Crippen molar-refractivity contribution in [3.63, 3.8) is 0 Å². The quantitative estimate of drug-likeness (QED) is 0.454. The molecule has 0 saturated heterocycles. The van der Waals surface area contributed by atoms with Gasteiger partial charge in [0, 0.05) is 0 Å². The summed E-state index contributed by atoms with van der Waals surface area (Å²) >= 11 is 0. The molecule has 1 aliphatic rings. The third kappa shape index (κ3) is 1.36. The first-order chi connectivity index (χ1) is 3.93. The van der Waals surface area contributed by atoms with Crippen molar-refractivity contribution < 1.29 is 0 Å². The Hall–Kier alpha value is -0.260. The van der Waals surface area contributed by atoms with Crippen LogP contribution in [0.5, 0.6) is 0 Å². The summed E-state index contributed by atoms with van der Waals surface area (Å²) in [6.07, 6.45) is 9.71. The van der Waals surface area contributed by atoms with Gasteiger partial charge in [-0.25, -0.2) is 0 Å². The van der Waals surface area contributed by atoms with Gasteiger partial charge < -0.3 is 0 Å². The normalized spacial score (nSPS) is 21.6. The molecule has 0 saturated carbocycles. The van der Waals surface area contributed by atoms with Gasteiger partial charge in [-0.2, -0.15) is 0 Å². The molecule has 8 heavy (non-hydrogen) atoms. The molecule has 1 aliphatic carbocycles. The van der Waals surface area contributed by atoms with Crippen molar-refractivity contribution in [3.05, 3.63) is 18.1 Å². The zero-order valence-electron chi connectivity index (χ0n) is 5.48. The zero-order valence-corrected chi connectivity index (χ0v) is 5.48. The van der Waals surface area contributed by atoms with Gasteiger partial charge in [-0.1, -0.05) is 19.1 Å². The molecule has 0 heteroatoms. The van der Waals surface area contributed by atoms with E-state index in [1.807, 2.05) is 0 Å². The van der Waals surface area contributed by atoms with E-state index < -0.39 is 0 Å². The minimum absolute atomic E-state index is 1.25. The fourth-order valence-electron chi connectivity index (χ4n) is 1.08. The van der Waals surface area contributed by atoms with Crippen molar-refractivity contribution >= 4 is 0 Å². The Morgan fingerprint density at radius 1 is 1.50 bits per heavy atom. The van der Waals surface area contributed by atoms with Crippen LogP contribution in [-0.4, -0.2) is 0 Å². The van der Waals surface area contributed by atoms with Gasteiger partial charge in [-0.3, -0.25) is 0 Å². The maximum atomic E-state index is 2.28. The van der Waals surface area contributed by atoms with Crippen LogP contribution in [-0.2, 0) is 0 Å². The molecule has 0 heterocycles. The van der Waals surface area contributed by atoms with E-state index >= 15 is 0 Å². The minimum Gasteiger partial charge on any atom is -0.0885 e. The molecule has 0 aromatic heterocycles. The molecular formula is C8H13. The lowest BCUT2D eigenvalue weighted by Crippen LogP contribution is -1.96. The summed E-state index contributed by atoms with van der Waals surface area (Å²) in [5.41, 5.74) is 0. The fraction of sp³-hybridized carbons (Fsp3) is 0.625. The molecule has 0 amide bonds. The Kier molecular flexibility index (Phi) is 2.13. The Morgan fingerprint density at radius 3 is 2.75 bits per heavy atom. The molecule has 0 spiro atoms. The first-order valence-electron chi connectivity index (χ1n) is 3.42. The Morgan fingerprint density at radius 2 is 2.38 bits per heavy atom. The van der Waals surface area contributed by atoms with Gasteiger partial charge in [0.1, 0.15) is 0 Å². The molecule has 1 rings (SSSR count). The lowest BCUT2D eigenvalue weighted by molar-refractivity contribution is 0.710. The molecular weight excluding hydrogens is 96.1 g/mol. The smallest absolute Gasteiger partial charge is 0.0203 e. The molecule has 0 atom stereocenters. The predicted molar refractivity (Wildman–Crippen MR) is 36.5 cm³/mol. The van der Waals surface area contributed by atoms with Gasteiger partial charge in [0.05, 0.1) is 0 Å². The van der Waals surface area contributed by atoms with Crippen LogP contribution in [0.25, 0.3) is 0 Å². The van der Waals surface area contributed by atoms with E-state index in [-0.39, 0.29) is 0 Å². The number of hydrogen-bond acceptors (Lipinski definition) is 0. The molecule has 0 aromatic carbocycles. The number of hydrogen-bond donors (Lipinski definition) is 0. The highest BCUT2D eigenvalue weighted by molar-refractivity contribution is 5.03. The van der Waals surface area contributed by atoms with E-state index in [0.29, 0.717) is 0 Å². The van der Waals surface area contributed by atoms with Crippen molar-refractivity contribution in [1.29, 1.82) is 0 Å². The van der Waals surface area contributed by atoms with Crippen LogP contribution >= 0.6 is 0 Å². The Bertz CT molecular complexity index is 82.0. The van der Waals surface area contributed by atoms with Crippen molar-refractivity contribution in [3.8, 4) is 0 Å². The zero-order chi connectivity index (χ0) is 5.82. The third-order valence-electron chi connectivity index (χ3n) is 1.74. The van der Waals surface area contributed by atoms with Gasteiger partial charge in [0.15, 0.2) is 0 Å². The van der Waals surface area contributed by atoms with Crippen LogP contribution < -0.4 is 0 Å². The van der Waals surface area contributed by atoms with Crippen LogP contribution in [0, 0.1) is 5.92 Å². The maximum absolute atomic E-state index is 2.28. The highest BCUT2D eigenvalue weighted by Crippen LogP contribution is 2.22. The molecule has 0 nitrogen and oxygen atoms in total. The summed E-state index contributed by atoms with van der Waals surface area (Å²) < 4.78 is 0. The van der Waals surface area contributed by atoms with Gasteiger partial charge in [-0.05, 0) is 31.6 Å². The summed E-state index contributed by atoms with van der Waals surface area (Å²) in [5, 5.41) is 0. The van der Waals surface area contributed by atoms with Crippen molar-refractivity contribution in [2.45, 2.75) is 32.6 Å². The minimum atomic E-state index is 1.25. The van der Waals surface area contributed by atoms with Gasteiger partial charge >= 0.3 is 0 Å². The van der Waals surface area contributed by atoms with E-state index in [9.17, 15) is 0 Å². The molecule has 0 fully saturated rings. The molecule has 0 unspecified atom stereocenters. The largest absolute Gasteiger partial charge is 0.0885 e. The van der Waals surface area contributed by atoms with Crippen molar-refractivity contribution in [1.82, 2.24) is 0 Å². The lowest BCUT2D eigenvalue weighted by atomic mass is 9.92. The van der Waals surface area contributed by atoms with E-state index in [4.69, 9.17) is 0 Å². The van der Waals surface area contributed by atoms with E-state index in [1.54, 1.807) is 5.92 Å². The van der Waals surface area contributed by atoms with Gasteiger partial charge in [0.25, 0.3) is 0 Å². The summed E-state index contributed by atoms with van der Waals surface area (Å²) in [5.74, 6) is 1.72. The highest BCUT2D eigenvalue weighted by Gasteiger charge is 2.05. The van der Waals surface area contributed by atoms with Crippen LogP contribution in [0.4, 0.5) is 0 Å². The summed E-state index contributed by atoms with van der Waals surface area (Å²) in [4.78, 5) is 0. The summed E-state index contributed by atoms with van der Waals surface area (Å²) in [6.45, 7) is 2.24. The number of rotatable bonds is 1.